The highest BCUT2D eigenvalue weighted by Crippen LogP contribution is 2.39. The zero-order chi connectivity index (χ0) is 17.6. The van der Waals surface area contributed by atoms with E-state index in [1.807, 2.05) is 24.0 Å². The van der Waals surface area contributed by atoms with Gasteiger partial charge in [-0.1, -0.05) is 18.2 Å². The number of piperidine rings is 1. The van der Waals surface area contributed by atoms with Crippen LogP contribution in [-0.2, 0) is 16.0 Å². The highest BCUT2D eigenvalue weighted by Gasteiger charge is 2.54. The highest BCUT2D eigenvalue weighted by molar-refractivity contribution is 8.01. The van der Waals surface area contributed by atoms with Gasteiger partial charge in [0, 0.05) is 24.5 Å². The van der Waals surface area contributed by atoms with Crippen molar-refractivity contribution in [1.82, 2.24) is 15.1 Å². The number of benzene rings is 1. The summed E-state index contributed by atoms with van der Waals surface area (Å²) in [5.74, 6) is -0.0714. The van der Waals surface area contributed by atoms with E-state index in [0.29, 0.717) is 32.5 Å². The average Bonchev–Trinajstić information content (AvgIpc) is 3.14. The van der Waals surface area contributed by atoms with E-state index in [-0.39, 0.29) is 23.1 Å². The predicted octanol–water partition coefficient (Wildman–Crippen LogP) is 1.64. The highest BCUT2D eigenvalue weighted by atomic mass is 32.2. The van der Waals surface area contributed by atoms with Gasteiger partial charge in [-0.25, -0.2) is 4.79 Å². The molecule has 4 amide bonds. The lowest BCUT2D eigenvalue weighted by Crippen LogP contribution is -2.58. The van der Waals surface area contributed by atoms with E-state index in [9.17, 15) is 14.4 Å². The van der Waals surface area contributed by atoms with Gasteiger partial charge in [0.2, 0.25) is 5.91 Å². The summed E-state index contributed by atoms with van der Waals surface area (Å²) in [5.41, 5.74) is 0.464. The van der Waals surface area contributed by atoms with Crippen LogP contribution >= 0.6 is 11.8 Å². The van der Waals surface area contributed by atoms with Gasteiger partial charge in [0.15, 0.2) is 0 Å². The Kier molecular flexibility index (Phi) is 3.98. The molecule has 1 aromatic rings. The maximum atomic E-state index is 12.9. The lowest BCUT2D eigenvalue weighted by atomic mass is 9.86. The van der Waals surface area contributed by atoms with Crippen molar-refractivity contribution in [2.45, 2.75) is 41.9 Å². The summed E-state index contributed by atoms with van der Waals surface area (Å²) in [6, 6.07) is 7.83. The maximum absolute atomic E-state index is 12.9. The quantitative estimate of drug-likeness (QED) is 0.815. The van der Waals surface area contributed by atoms with Crippen molar-refractivity contribution in [3.63, 3.8) is 0 Å². The van der Waals surface area contributed by atoms with Crippen LogP contribution in [-0.4, -0.2) is 58.1 Å². The summed E-state index contributed by atoms with van der Waals surface area (Å²) in [4.78, 5) is 41.8. The molecule has 3 heterocycles. The van der Waals surface area contributed by atoms with Crippen LogP contribution < -0.4 is 5.32 Å². The van der Waals surface area contributed by atoms with Crippen LogP contribution in [0.1, 0.15) is 25.3 Å². The van der Waals surface area contributed by atoms with Crippen LogP contribution in [0.25, 0.3) is 0 Å². The molecule has 1 aromatic carbocycles. The number of likely N-dealkylation sites (N-methyl/N-ethyl adjacent to an activating group) is 1. The van der Waals surface area contributed by atoms with Crippen LogP contribution in [0.3, 0.4) is 0 Å². The molecule has 25 heavy (non-hydrogen) atoms. The summed E-state index contributed by atoms with van der Waals surface area (Å²) in [6.45, 7) is 3.41. The third kappa shape index (κ3) is 2.52. The van der Waals surface area contributed by atoms with E-state index in [0.717, 1.165) is 6.42 Å². The number of carbonyl (C=O) groups is 3. The summed E-state index contributed by atoms with van der Waals surface area (Å²) >= 11 is 1.63. The first kappa shape index (κ1) is 16.4. The number of amides is 4. The molecule has 1 spiro atoms. The maximum Gasteiger partial charge on any atom is 0.325 e. The molecule has 132 valence electrons. The molecule has 3 aliphatic heterocycles. The molecule has 2 fully saturated rings. The summed E-state index contributed by atoms with van der Waals surface area (Å²) < 4.78 is 0. The molecule has 0 radical (unpaired) electrons. The summed E-state index contributed by atoms with van der Waals surface area (Å²) in [7, 11) is 0. The number of nitrogens with one attached hydrogen (secondary N) is 1. The van der Waals surface area contributed by atoms with Gasteiger partial charge in [-0.3, -0.25) is 14.9 Å². The van der Waals surface area contributed by atoms with Crippen LogP contribution in [0.5, 0.6) is 0 Å². The molecule has 1 N–H and O–H groups in total. The molecule has 7 heteroatoms. The van der Waals surface area contributed by atoms with Crippen molar-refractivity contribution >= 4 is 29.6 Å². The molecule has 4 rings (SSSR count). The normalized spacial score (nSPS) is 24.6. The minimum absolute atomic E-state index is 0.0761. The lowest BCUT2D eigenvalue weighted by molar-refractivity contribution is -0.137. The Labute approximate surface area is 150 Å². The summed E-state index contributed by atoms with van der Waals surface area (Å²) in [6.07, 6.45) is 1.78. The zero-order valence-electron chi connectivity index (χ0n) is 14.2. The van der Waals surface area contributed by atoms with Gasteiger partial charge in [0.25, 0.3) is 5.91 Å². The number of fused-ring (bicyclic) bond motifs is 1. The fourth-order valence-corrected chi connectivity index (χ4v) is 5.44. The van der Waals surface area contributed by atoms with Crippen LogP contribution in [0.15, 0.2) is 29.2 Å². The van der Waals surface area contributed by atoms with Crippen molar-refractivity contribution in [1.29, 1.82) is 0 Å². The number of nitrogens with zero attached hydrogens (tertiary/aromatic N) is 2. The van der Waals surface area contributed by atoms with Gasteiger partial charge in [-0.05, 0) is 37.8 Å². The second-order valence-electron chi connectivity index (χ2n) is 6.78. The molecule has 1 atom stereocenters. The van der Waals surface area contributed by atoms with E-state index < -0.39 is 5.54 Å². The van der Waals surface area contributed by atoms with Crippen molar-refractivity contribution in [2.75, 3.05) is 19.6 Å². The number of urea groups is 1. The Balaban J connectivity index is 1.43. The van der Waals surface area contributed by atoms with Gasteiger partial charge in [0.1, 0.15) is 5.54 Å². The second-order valence-corrected chi connectivity index (χ2v) is 8.02. The number of likely N-dealkylation sites (tertiary alicyclic amines) is 1. The first-order chi connectivity index (χ1) is 12.0. The molecule has 0 bridgehead atoms. The number of hydrogen-bond donors (Lipinski definition) is 1. The predicted molar refractivity (Wildman–Crippen MR) is 94.3 cm³/mol. The standard InChI is InChI=1S/C18H21N3O3S/c1-2-21-17(24)19-16(23)18(21)7-9-20(10-8-18)15(22)14-11-12-5-3-4-6-13(12)25-14/h3-6,14H,2,7-11H2,1H3,(H,19,23,24). The first-order valence-electron chi connectivity index (χ1n) is 8.71. The average molecular weight is 359 g/mol. The van der Waals surface area contributed by atoms with E-state index in [2.05, 4.69) is 17.4 Å². The number of rotatable bonds is 2. The smallest absolute Gasteiger partial charge is 0.325 e. The molecular weight excluding hydrogens is 338 g/mol. The van der Waals surface area contributed by atoms with Gasteiger partial charge < -0.3 is 9.80 Å². The zero-order valence-corrected chi connectivity index (χ0v) is 15.0. The Hall–Kier alpha value is -2.02. The molecule has 2 saturated heterocycles. The molecule has 0 aliphatic carbocycles. The molecule has 0 aromatic heterocycles. The van der Waals surface area contributed by atoms with Crippen LogP contribution in [0.4, 0.5) is 4.79 Å². The SMILES string of the molecule is CCN1C(=O)NC(=O)C12CCN(C(=O)C1Cc3ccccc3S1)CC2. The van der Waals surface area contributed by atoms with Crippen molar-refractivity contribution < 1.29 is 14.4 Å². The number of thioether (sulfide) groups is 1. The molecular formula is C18H21N3O3S. The van der Waals surface area contributed by atoms with Crippen molar-refractivity contribution in [3.8, 4) is 0 Å². The van der Waals surface area contributed by atoms with E-state index in [1.54, 1.807) is 16.7 Å². The topological polar surface area (TPSA) is 69.7 Å². The Bertz CT molecular complexity index is 718. The Morgan fingerprint density at radius 1 is 1.28 bits per heavy atom. The van der Waals surface area contributed by atoms with E-state index in [1.165, 1.54) is 10.5 Å². The minimum atomic E-state index is -0.769. The third-order valence-corrected chi connectivity index (χ3v) is 6.85. The van der Waals surface area contributed by atoms with Gasteiger partial charge >= 0.3 is 6.03 Å². The monoisotopic (exact) mass is 359 g/mol. The van der Waals surface area contributed by atoms with E-state index >= 15 is 0 Å². The van der Waals surface area contributed by atoms with E-state index in [4.69, 9.17) is 0 Å². The second kappa shape index (κ2) is 6.05. The molecule has 6 nitrogen and oxygen atoms in total. The Morgan fingerprint density at radius 2 is 2.00 bits per heavy atom. The number of imide groups is 1. The Morgan fingerprint density at radius 3 is 2.68 bits per heavy atom. The van der Waals surface area contributed by atoms with Gasteiger partial charge in [0.05, 0.1) is 5.25 Å². The fourth-order valence-electron chi connectivity index (χ4n) is 4.16. The fraction of sp³-hybridized carbons (Fsp3) is 0.500. The van der Waals surface area contributed by atoms with Gasteiger partial charge in [-0.15, -0.1) is 11.8 Å². The van der Waals surface area contributed by atoms with Crippen molar-refractivity contribution in [3.05, 3.63) is 29.8 Å². The number of hydrogen-bond acceptors (Lipinski definition) is 4. The molecule has 1 unspecified atom stereocenters. The van der Waals surface area contributed by atoms with Crippen LogP contribution in [0.2, 0.25) is 0 Å². The van der Waals surface area contributed by atoms with Gasteiger partial charge in [-0.2, -0.15) is 0 Å². The minimum Gasteiger partial charge on any atom is -0.342 e. The molecule has 0 saturated carbocycles. The largest absolute Gasteiger partial charge is 0.342 e. The van der Waals surface area contributed by atoms with Crippen LogP contribution in [0, 0.1) is 0 Å². The lowest BCUT2D eigenvalue weighted by Gasteiger charge is -2.42. The summed E-state index contributed by atoms with van der Waals surface area (Å²) in [5, 5.41) is 2.35. The number of carbonyl (C=O) groups excluding carboxylic acids is 3. The van der Waals surface area contributed by atoms with Crippen molar-refractivity contribution in [2.24, 2.45) is 0 Å². The third-order valence-electron chi connectivity index (χ3n) is 5.55. The first-order valence-corrected chi connectivity index (χ1v) is 9.59. The molecule has 3 aliphatic rings.